The SMILES string of the molecule is COc1cc(-c2c[nH]c(=O)c3cnc(N4CC[C@H]4C)cc23)cc(OC)c1CN1CCC(CN2CCC3(CC2)CN(c2ccc4c(c2)C(=O)N(C2CCC(=O)NC2=O)C4)C3)CC1. The van der Waals surface area contributed by atoms with Crippen molar-refractivity contribution in [2.75, 3.05) is 76.4 Å². The maximum absolute atomic E-state index is 13.4. The van der Waals surface area contributed by atoms with Crippen molar-refractivity contribution >= 4 is 40.0 Å². The van der Waals surface area contributed by atoms with Crippen LogP contribution in [0.15, 0.2) is 53.6 Å². The zero-order valence-corrected chi connectivity index (χ0v) is 35.5. The van der Waals surface area contributed by atoms with Crippen LogP contribution in [0.25, 0.3) is 21.9 Å². The minimum absolute atomic E-state index is 0.115. The van der Waals surface area contributed by atoms with E-state index in [4.69, 9.17) is 9.47 Å². The second-order valence-corrected chi connectivity index (χ2v) is 18.4. The predicted octanol–water partition coefficient (Wildman–Crippen LogP) is 4.78. The predicted molar refractivity (Wildman–Crippen MR) is 233 cm³/mol. The lowest BCUT2D eigenvalue weighted by atomic mass is 9.71. The number of ether oxygens (including phenoxy) is 2. The number of methoxy groups -OCH3 is 2. The summed E-state index contributed by atoms with van der Waals surface area (Å²) in [7, 11) is 3.43. The van der Waals surface area contributed by atoms with Crippen LogP contribution in [0.2, 0.25) is 0 Å². The van der Waals surface area contributed by atoms with Gasteiger partial charge in [-0.25, -0.2) is 4.98 Å². The molecule has 2 N–H and O–H groups in total. The number of pyridine rings is 2. The number of H-pyrrole nitrogens is 1. The minimum atomic E-state index is -0.590. The van der Waals surface area contributed by atoms with Gasteiger partial charge in [-0.3, -0.25) is 29.4 Å². The first-order valence-corrected chi connectivity index (χ1v) is 22.1. The summed E-state index contributed by atoms with van der Waals surface area (Å²) < 4.78 is 12.0. The normalized spacial score (nSPS) is 23.3. The lowest BCUT2D eigenvalue weighted by Crippen LogP contribution is -2.60. The number of carbonyl (C=O) groups is 3. The second kappa shape index (κ2) is 15.8. The van der Waals surface area contributed by atoms with E-state index >= 15 is 0 Å². The van der Waals surface area contributed by atoms with Gasteiger partial charge in [-0.1, -0.05) is 6.07 Å². The van der Waals surface area contributed by atoms with Crippen LogP contribution < -0.4 is 30.1 Å². The highest BCUT2D eigenvalue weighted by atomic mass is 16.5. The Hall–Kier alpha value is -5.47. The first kappa shape index (κ1) is 39.7. The summed E-state index contributed by atoms with van der Waals surface area (Å²) in [5.41, 5.74) is 5.74. The van der Waals surface area contributed by atoms with E-state index in [-0.39, 0.29) is 29.7 Å². The average Bonchev–Trinajstić information content (AvgIpc) is 3.58. The number of rotatable bonds is 10. The molecule has 1 unspecified atom stereocenters. The van der Waals surface area contributed by atoms with Crippen LogP contribution >= 0.6 is 0 Å². The molecule has 3 amide bonds. The maximum Gasteiger partial charge on any atom is 0.257 e. The van der Waals surface area contributed by atoms with Crippen molar-refractivity contribution in [2.24, 2.45) is 11.3 Å². The summed E-state index contributed by atoms with van der Waals surface area (Å²) in [6.45, 7) is 11.8. The van der Waals surface area contributed by atoms with Crippen LogP contribution in [0, 0.1) is 11.3 Å². The molecule has 2 aromatic heterocycles. The number of nitrogens with zero attached hydrogens (tertiary/aromatic N) is 6. The smallest absolute Gasteiger partial charge is 0.257 e. The standard InChI is InChI=1S/C47H56N8O6/c1-29-8-15-54(29)42-21-35-36(22-49-44(57)37(35)23-48-42)32-18-40(60-2)38(41(19-32)61-3)26-51-13-9-30(10-14-51)24-52-16-11-47(12-17-52)27-53(28-47)33-5-4-31-25-55(46(59)34(31)20-33)39-6-7-43(56)50-45(39)58/h4-5,18-23,29-30,39H,6-17,24-28H2,1-3H3,(H,49,57)(H,50,56,58)/t29-,39?/m1/s1. The molecule has 6 aliphatic rings. The van der Waals surface area contributed by atoms with E-state index in [0.717, 1.165) is 129 Å². The Morgan fingerprint density at radius 2 is 1.57 bits per heavy atom. The molecule has 0 bridgehead atoms. The van der Waals surface area contributed by atoms with E-state index in [1.165, 1.54) is 12.8 Å². The lowest BCUT2D eigenvalue weighted by molar-refractivity contribution is -0.136. The maximum atomic E-state index is 13.4. The molecule has 2 atom stereocenters. The Morgan fingerprint density at radius 3 is 2.25 bits per heavy atom. The van der Waals surface area contributed by atoms with Crippen molar-refractivity contribution in [3.05, 3.63) is 75.8 Å². The molecule has 14 nitrogen and oxygen atoms in total. The number of hydrogen-bond donors (Lipinski definition) is 2. The van der Waals surface area contributed by atoms with Crippen LogP contribution in [-0.4, -0.2) is 121 Å². The number of amides is 3. The van der Waals surface area contributed by atoms with Crippen molar-refractivity contribution in [1.82, 2.24) is 30.0 Å². The van der Waals surface area contributed by atoms with Gasteiger partial charge in [0.2, 0.25) is 11.8 Å². The fraction of sp³-hybridized carbons (Fsp3) is 0.511. The zero-order chi connectivity index (χ0) is 42.0. The van der Waals surface area contributed by atoms with E-state index in [1.807, 2.05) is 18.2 Å². The summed E-state index contributed by atoms with van der Waals surface area (Å²) in [5.74, 6) is 2.36. The molecule has 10 rings (SSSR count). The van der Waals surface area contributed by atoms with E-state index in [2.05, 4.69) is 60.0 Å². The number of carbonyl (C=O) groups excluding carboxylic acids is 3. The molecule has 5 saturated heterocycles. The number of hydrogen-bond acceptors (Lipinski definition) is 11. The molecule has 6 aliphatic heterocycles. The number of imide groups is 1. The highest BCUT2D eigenvalue weighted by molar-refractivity contribution is 6.05. The van der Waals surface area contributed by atoms with Crippen molar-refractivity contribution < 1.29 is 23.9 Å². The van der Waals surface area contributed by atoms with Gasteiger partial charge in [-0.15, -0.1) is 0 Å². The van der Waals surface area contributed by atoms with E-state index in [9.17, 15) is 19.2 Å². The number of anilines is 2. The van der Waals surface area contributed by atoms with E-state index < -0.39 is 6.04 Å². The molecular weight excluding hydrogens is 773 g/mol. The number of nitrogens with one attached hydrogen (secondary N) is 2. The Bertz CT molecular complexity index is 2420. The number of likely N-dealkylation sites (tertiary alicyclic amines) is 2. The number of benzene rings is 2. The topological polar surface area (TPSA) is 144 Å². The number of aromatic nitrogens is 2. The Kier molecular flexibility index (Phi) is 10.3. The highest BCUT2D eigenvalue weighted by Crippen LogP contribution is 2.44. The van der Waals surface area contributed by atoms with Crippen molar-refractivity contribution in [3.8, 4) is 22.6 Å². The molecule has 14 heteroatoms. The average molecular weight is 829 g/mol. The van der Waals surface area contributed by atoms with Crippen LogP contribution in [0.3, 0.4) is 0 Å². The molecule has 0 aliphatic carbocycles. The molecule has 0 saturated carbocycles. The first-order chi connectivity index (χ1) is 29.6. The molecule has 61 heavy (non-hydrogen) atoms. The summed E-state index contributed by atoms with van der Waals surface area (Å²) >= 11 is 0. The van der Waals surface area contributed by atoms with Gasteiger partial charge in [0.05, 0.1) is 25.2 Å². The third-order valence-corrected chi connectivity index (χ3v) is 14.8. The van der Waals surface area contributed by atoms with Crippen molar-refractivity contribution in [1.29, 1.82) is 0 Å². The Labute approximate surface area is 356 Å². The number of aromatic amines is 1. The van der Waals surface area contributed by atoms with Gasteiger partial charge in [-0.05, 0) is 119 Å². The summed E-state index contributed by atoms with van der Waals surface area (Å²) in [6, 6.07) is 12.2. The molecule has 0 radical (unpaired) electrons. The third kappa shape index (κ3) is 7.30. The van der Waals surface area contributed by atoms with Gasteiger partial charge in [-0.2, -0.15) is 0 Å². The second-order valence-electron chi connectivity index (χ2n) is 18.4. The molecule has 8 heterocycles. The van der Waals surface area contributed by atoms with Gasteiger partial charge < -0.3 is 34.1 Å². The van der Waals surface area contributed by atoms with Gasteiger partial charge in [0, 0.05) is 91.7 Å². The van der Waals surface area contributed by atoms with Crippen molar-refractivity contribution in [3.63, 3.8) is 0 Å². The fourth-order valence-electron chi connectivity index (χ4n) is 10.8. The number of fused-ring (bicyclic) bond motifs is 2. The monoisotopic (exact) mass is 828 g/mol. The Balaban J connectivity index is 0.723. The zero-order valence-electron chi connectivity index (χ0n) is 35.5. The van der Waals surface area contributed by atoms with Gasteiger partial charge in [0.25, 0.3) is 11.5 Å². The van der Waals surface area contributed by atoms with Gasteiger partial charge in [0.15, 0.2) is 0 Å². The molecule has 5 fully saturated rings. The van der Waals surface area contributed by atoms with Gasteiger partial charge >= 0.3 is 0 Å². The Morgan fingerprint density at radius 1 is 0.820 bits per heavy atom. The molecular formula is C47H56N8O6. The van der Waals surface area contributed by atoms with Crippen LogP contribution in [0.4, 0.5) is 11.5 Å². The molecule has 320 valence electrons. The van der Waals surface area contributed by atoms with E-state index in [0.29, 0.717) is 41.3 Å². The molecule has 4 aromatic rings. The quantitative estimate of drug-likeness (QED) is 0.213. The number of piperidine rings is 3. The lowest BCUT2D eigenvalue weighted by Gasteiger charge is -2.55. The summed E-state index contributed by atoms with van der Waals surface area (Å²) in [4.78, 5) is 69.4. The van der Waals surface area contributed by atoms with Crippen LogP contribution in [0.5, 0.6) is 11.5 Å². The van der Waals surface area contributed by atoms with Crippen LogP contribution in [-0.2, 0) is 22.7 Å². The fourth-order valence-corrected chi connectivity index (χ4v) is 10.8. The van der Waals surface area contributed by atoms with Crippen LogP contribution in [0.1, 0.15) is 73.4 Å². The van der Waals surface area contributed by atoms with Crippen molar-refractivity contribution in [2.45, 2.75) is 77.0 Å². The molecule has 1 spiro atoms. The summed E-state index contributed by atoms with van der Waals surface area (Å²) in [5, 5.41) is 3.82. The third-order valence-electron chi connectivity index (χ3n) is 14.8. The molecule has 2 aromatic carbocycles. The minimum Gasteiger partial charge on any atom is -0.496 e. The summed E-state index contributed by atoms with van der Waals surface area (Å²) in [6.07, 6.45) is 9.95. The highest BCUT2D eigenvalue weighted by Gasteiger charge is 2.46. The van der Waals surface area contributed by atoms with E-state index in [1.54, 1.807) is 31.5 Å². The first-order valence-electron chi connectivity index (χ1n) is 22.1. The van der Waals surface area contributed by atoms with Gasteiger partial charge in [0.1, 0.15) is 23.4 Å². The largest absolute Gasteiger partial charge is 0.496 e.